The van der Waals surface area contributed by atoms with E-state index in [0.717, 1.165) is 18.8 Å². The van der Waals surface area contributed by atoms with Gasteiger partial charge in [-0.2, -0.15) is 0 Å². The van der Waals surface area contributed by atoms with E-state index < -0.39 is 11.1 Å². The molecule has 0 saturated heterocycles. The van der Waals surface area contributed by atoms with E-state index in [-0.39, 0.29) is 19.5 Å². The number of ether oxygens (including phenoxy) is 1. The Bertz CT molecular complexity index is 247. The van der Waals surface area contributed by atoms with Crippen LogP contribution in [0.1, 0.15) is 78.6 Å². The van der Waals surface area contributed by atoms with E-state index in [2.05, 4.69) is 13.8 Å². The smallest absolute Gasteiger partial charge is 0.160 e. The highest BCUT2D eigenvalue weighted by Gasteiger charge is 2.14. The Labute approximate surface area is 136 Å². The standard InChI is InChI=1S/C17H37NO4/c1-4-18(20,21)14-13-17(19)22-15-11-9-7-5-6-8-10-12-16(2)3/h16-17,19-20H,4-15H2,1-3H3. The molecule has 0 heterocycles. The molecule has 0 rings (SSSR count). The van der Waals surface area contributed by atoms with Crippen molar-refractivity contribution in [1.29, 1.82) is 0 Å². The van der Waals surface area contributed by atoms with E-state index in [1.807, 2.05) is 0 Å². The van der Waals surface area contributed by atoms with Crippen LogP contribution in [0, 0.1) is 11.1 Å². The molecule has 134 valence electrons. The Balaban J connectivity index is 3.28. The summed E-state index contributed by atoms with van der Waals surface area (Å²) in [7, 11) is 0. The second-order valence-electron chi connectivity index (χ2n) is 6.66. The zero-order chi connectivity index (χ0) is 16.8. The topological polar surface area (TPSA) is 72.8 Å². The van der Waals surface area contributed by atoms with Gasteiger partial charge in [-0.15, -0.1) is 0 Å². The summed E-state index contributed by atoms with van der Waals surface area (Å²) in [6, 6.07) is 0. The fraction of sp³-hybridized carbons (Fsp3) is 1.00. The maximum atomic E-state index is 11.3. The van der Waals surface area contributed by atoms with Crippen molar-refractivity contribution < 1.29 is 19.9 Å². The van der Waals surface area contributed by atoms with Gasteiger partial charge in [-0.1, -0.05) is 58.8 Å². The highest BCUT2D eigenvalue weighted by molar-refractivity contribution is 4.50. The second kappa shape index (κ2) is 13.3. The Hall–Kier alpha value is -0.200. The van der Waals surface area contributed by atoms with Gasteiger partial charge < -0.3 is 15.1 Å². The molecule has 0 radical (unpaired) electrons. The Morgan fingerprint density at radius 3 is 2.05 bits per heavy atom. The van der Waals surface area contributed by atoms with Crippen molar-refractivity contribution in [3.63, 3.8) is 0 Å². The number of aliphatic hydroxyl groups is 1. The van der Waals surface area contributed by atoms with E-state index in [0.29, 0.717) is 6.61 Å². The molecule has 0 aliphatic heterocycles. The van der Waals surface area contributed by atoms with Crippen molar-refractivity contribution in [1.82, 2.24) is 0 Å². The molecule has 0 aliphatic rings. The van der Waals surface area contributed by atoms with Crippen molar-refractivity contribution in [2.75, 3.05) is 19.7 Å². The van der Waals surface area contributed by atoms with Crippen molar-refractivity contribution >= 4 is 0 Å². The first-order valence-corrected chi connectivity index (χ1v) is 8.98. The maximum absolute atomic E-state index is 11.3. The van der Waals surface area contributed by atoms with Crippen LogP contribution in [-0.2, 0) is 4.74 Å². The lowest BCUT2D eigenvalue weighted by Crippen LogP contribution is -2.40. The fourth-order valence-corrected chi connectivity index (χ4v) is 2.31. The number of rotatable bonds is 15. The average Bonchev–Trinajstić information content (AvgIpc) is 2.47. The molecular weight excluding hydrogens is 282 g/mol. The molecular formula is C17H37NO4. The number of hydrogen-bond donors (Lipinski definition) is 2. The van der Waals surface area contributed by atoms with Crippen LogP contribution in [0.4, 0.5) is 0 Å². The van der Waals surface area contributed by atoms with Crippen LogP contribution in [0.15, 0.2) is 0 Å². The lowest BCUT2D eigenvalue weighted by molar-refractivity contribution is -1.06. The van der Waals surface area contributed by atoms with Gasteiger partial charge in [-0.25, -0.2) is 10.0 Å². The van der Waals surface area contributed by atoms with Crippen LogP contribution in [0.2, 0.25) is 0 Å². The third kappa shape index (κ3) is 14.7. The monoisotopic (exact) mass is 319 g/mol. The van der Waals surface area contributed by atoms with Crippen molar-refractivity contribution in [3.05, 3.63) is 5.21 Å². The minimum atomic E-state index is -1.31. The van der Waals surface area contributed by atoms with Gasteiger partial charge in [0, 0.05) is 6.61 Å². The van der Waals surface area contributed by atoms with Gasteiger partial charge in [0.2, 0.25) is 0 Å². The van der Waals surface area contributed by atoms with E-state index in [1.165, 1.54) is 38.5 Å². The molecule has 0 amide bonds. The van der Waals surface area contributed by atoms with Crippen LogP contribution in [0.3, 0.4) is 0 Å². The summed E-state index contributed by atoms with van der Waals surface area (Å²) in [5, 5.41) is 30.1. The largest absolute Gasteiger partial charge is 0.598 e. The number of quaternary nitrogens is 1. The van der Waals surface area contributed by atoms with E-state index >= 15 is 0 Å². The Kier molecular flexibility index (Phi) is 13.1. The first-order valence-electron chi connectivity index (χ1n) is 8.98. The van der Waals surface area contributed by atoms with Gasteiger partial charge in [0.05, 0.1) is 6.42 Å². The molecule has 2 unspecified atom stereocenters. The van der Waals surface area contributed by atoms with Crippen LogP contribution in [0.5, 0.6) is 0 Å². The molecule has 22 heavy (non-hydrogen) atoms. The van der Waals surface area contributed by atoms with Crippen molar-refractivity contribution in [3.8, 4) is 0 Å². The normalized spacial score (nSPS) is 16.0. The van der Waals surface area contributed by atoms with Gasteiger partial charge >= 0.3 is 0 Å². The van der Waals surface area contributed by atoms with Crippen LogP contribution in [0.25, 0.3) is 0 Å². The molecule has 0 aromatic rings. The minimum Gasteiger partial charge on any atom is -0.598 e. The predicted octanol–water partition coefficient (Wildman–Crippen LogP) is 4.21. The second-order valence-corrected chi connectivity index (χ2v) is 6.66. The van der Waals surface area contributed by atoms with Crippen LogP contribution >= 0.6 is 0 Å². The first-order chi connectivity index (χ1) is 10.4. The Morgan fingerprint density at radius 1 is 0.955 bits per heavy atom. The summed E-state index contributed by atoms with van der Waals surface area (Å²) in [4.78, 5) is -1.31. The van der Waals surface area contributed by atoms with Crippen molar-refractivity contribution in [2.24, 2.45) is 5.92 Å². The molecule has 0 spiro atoms. The van der Waals surface area contributed by atoms with Gasteiger partial charge in [0.25, 0.3) is 0 Å². The van der Waals surface area contributed by atoms with E-state index in [9.17, 15) is 15.5 Å². The maximum Gasteiger partial charge on any atom is 0.160 e. The Morgan fingerprint density at radius 2 is 1.50 bits per heavy atom. The summed E-state index contributed by atoms with van der Waals surface area (Å²) >= 11 is 0. The van der Waals surface area contributed by atoms with Crippen LogP contribution in [-0.4, -0.2) is 41.1 Å². The zero-order valence-electron chi connectivity index (χ0n) is 14.8. The number of aliphatic hydroxyl groups excluding tert-OH is 1. The molecule has 0 saturated carbocycles. The summed E-state index contributed by atoms with van der Waals surface area (Å²) in [5.41, 5.74) is 0. The lowest BCUT2D eigenvalue weighted by Gasteiger charge is -2.32. The summed E-state index contributed by atoms with van der Waals surface area (Å²) in [5.74, 6) is 0.817. The van der Waals surface area contributed by atoms with E-state index in [4.69, 9.17) is 4.74 Å². The summed E-state index contributed by atoms with van der Waals surface area (Å²) < 4.78 is 5.25. The summed E-state index contributed by atoms with van der Waals surface area (Å²) in [6.07, 6.45) is 9.10. The number of nitrogens with zero attached hydrogens (tertiary/aromatic N) is 1. The lowest BCUT2D eigenvalue weighted by atomic mass is 10.0. The fourth-order valence-electron chi connectivity index (χ4n) is 2.31. The SMILES string of the molecule is CC[N+]([O-])(O)CCC(O)OCCCCCCCCCC(C)C. The third-order valence-electron chi connectivity index (χ3n) is 3.96. The highest BCUT2D eigenvalue weighted by Crippen LogP contribution is 2.12. The molecule has 0 aromatic heterocycles. The zero-order valence-corrected chi connectivity index (χ0v) is 14.8. The van der Waals surface area contributed by atoms with Gasteiger partial charge in [-0.05, 0) is 19.3 Å². The number of hydrogen-bond acceptors (Lipinski definition) is 4. The van der Waals surface area contributed by atoms with Gasteiger partial charge in [-0.3, -0.25) is 0 Å². The molecule has 0 bridgehead atoms. The number of unbranched alkanes of at least 4 members (excludes halogenated alkanes) is 6. The molecule has 0 fully saturated rings. The van der Waals surface area contributed by atoms with Gasteiger partial charge in [0.1, 0.15) is 13.1 Å². The van der Waals surface area contributed by atoms with Crippen molar-refractivity contribution in [2.45, 2.75) is 84.8 Å². The molecule has 2 atom stereocenters. The van der Waals surface area contributed by atoms with Gasteiger partial charge in [0.15, 0.2) is 6.29 Å². The quantitative estimate of drug-likeness (QED) is 0.205. The van der Waals surface area contributed by atoms with E-state index in [1.54, 1.807) is 6.92 Å². The molecule has 0 aliphatic carbocycles. The van der Waals surface area contributed by atoms with Crippen LogP contribution < -0.4 is 0 Å². The first kappa shape index (κ1) is 21.8. The average molecular weight is 319 g/mol. The minimum absolute atomic E-state index is 0.0337. The predicted molar refractivity (Wildman–Crippen MR) is 89.2 cm³/mol. The highest BCUT2D eigenvalue weighted by atomic mass is 16.8. The molecule has 5 heteroatoms. The number of hydroxylamine groups is 4. The summed E-state index contributed by atoms with van der Waals surface area (Å²) in [6.45, 7) is 6.73. The molecule has 2 N–H and O–H groups in total. The molecule has 0 aromatic carbocycles. The molecule has 5 nitrogen and oxygen atoms in total. The third-order valence-corrected chi connectivity index (χ3v) is 3.96.